The minimum absolute atomic E-state index is 0.168. The number of thioether (sulfide) groups is 1. The van der Waals surface area contributed by atoms with Gasteiger partial charge in [-0.15, -0.1) is 0 Å². The molecule has 0 saturated carbocycles. The van der Waals surface area contributed by atoms with Crippen molar-refractivity contribution < 1.29 is 14.4 Å². The van der Waals surface area contributed by atoms with Gasteiger partial charge in [0.05, 0.1) is 26.7 Å². The van der Waals surface area contributed by atoms with Crippen LogP contribution in [0.1, 0.15) is 33.6 Å². The number of nitrogens with zero attached hydrogens (tertiary/aromatic N) is 1. The second kappa shape index (κ2) is 11.3. The number of carbonyl (C=O) groups is 1. The summed E-state index contributed by atoms with van der Waals surface area (Å²) in [4.78, 5) is 9.63. The van der Waals surface area contributed by atoms with Gasteiger partial charge >= 0.3 is 0 Å². The Labute approximate surface area is 105 Å². The summed E-state index contributed by atoms with van der Waals surface area (Å²) in [6.07, 6.45) is 3.34. The minimum atomic E-state index is -0.964. The molecule has 98 valence electrons. The zero-order valence-electron chi connectivity index (χ0n) is 11.4. The van der Waals surface area contributed by atoms with Crippen molar-refractivity contribution in [3.63, 3.8) is 0 Å². The van der Waals surface area contributed by atoms with Gasteiger partial charge in [-0.1, -0.05) is 6.92 Å². The van der Waals surface area contributed by atoms with Gasteiger partial charge in [-0.05, 0) is 38.7 Å². The molecule has 4 heteroatoms. The van der Waals surface area contributed by atoms with Gasteiger partial charge < -0.3 is 14.4 Å². The third-order valence-corrected chi connectivity index (χ3v) is 3.41. The van der Waals surface area contributed by atoms with E-state index in [4.69, 9.17) is 0 Å². The summed E-state index contributed by atoms with van der Waals surface area (Å²) in [5, 5.41) is 9.63. The Balaban J connectivity index is 0. The van der Waals surface area contributed by atoms with Gasteiger partial charge in [-0.2, -0.15) is 11.8 Å². The lowest BCUT2D eigenvalue weighted by atomic mass is 10.3. The highest BCUT2D eigenvalue weighted by atomic mass is 32.2. The van der Waals surface area contributed by atoms with E-state index in [2.05, 4.69) is 27.8 Å². The summed E-state index contributed by atoms with van der Waals surface area (Å²) in [6.45, 7) is 10.6. The fraction of sp³-hybridized carbons (Fsp3) is 0.917. The van der Waals surface area contributed by atoms with Crippen LogP contribution >= 0.6 is 11.8 Å². The molecule has 0 N–H and O–H groups in total. The molecule has 0 atom stereocenters. The fourth-order valence-electron chi connectivity index (χ4n) is 1.27. The van der Waals surface area contributed by atoms with Crippen LogP contribution in [0.3, 0.4) is 0 Å². The highest BCUT2D eigenvalue weighted by molar-refractivity contribution is 7.98. The number of hydrogen-bond acceptors (Lipinski definition) is 3. The Kier molecular flexibility index (Phi) is 12.8. The van der Waals surface area contributed by atoms with E-state index in [9.17, 15) is 9.90 Å². The van der Waals surface area contributed by atoms with Crippen LogP contribution in [0.4, 0.5) is 0 Å². The first-order valence-corrected chi connectivity index (χ1v) is 7.37. The lowest BCUT2D eigenvalue weighted by Gasteiger charge is -2.31. The molecule has 0 aliphatic carbocycles. The molecule has 0 aliphatic heterocycles. The molecule has 0 amide bonds. The molecular formula is C12H27NO2S. The molecule has 0 fully saturated rings. The number of rotatable bonds is 7. The van der Waals surface area contributed by atoms with Gasteiger partial charge in [0.25, 0.3) is 0 Å². The summed E-state index contributed by atoms with van der Waals surface area (Å²) >= 11 is 1.51. The molecule has 0 aliphatic rings. The molecular weight excluding hydrogens is 222 g/mol. The van der Waals surface area contributed by atoms with Crippen LogP contribution in [0.25, 0.3) is 0 Å². The van der Waals surface area contributed by atoms with Crippen molar-refractivity contribution in [2.75, 3.05) is 38.7 Å². The maximum Gasteiger partial charge on any atom is 0.0781 e. The standard InChI is InChI=1S/C8H20N.C4H8O2S/c1-5-8-9(4,6-2)7-3;1-7-3-2-4(5)6/h5-8H2,1-4H3;2-3H2,1H3,(H,5,6)/q+1;/p-1. The second-order valence-electron chi connectivity index (χ2n) is 4.09. The number of carboxylic acid groups (broad SMARTS) is 1. The van der Waals surface area contributed by atoms with Crippen molar-refractivity contribution in [1.29, 1.82) is 0 Å². The number of carbonyl (C=O) groups excluding carboxylic acids is 1. The maximum atomic E-state index is 9.63. The van der Waals surface area contributed by atoms with Crippen LogP contribution in [0, 0.1) is 0 Å². The highest BCUT2D eigenvalue weighted by Gasteiger charge is 2.13. The maximum absolute atomic E-state index is 9.63. The van der Waals surface area contributed by atoms with Crippen LogP contribution < -0.4 is 5.11 Å². The number of hydrogen-bond donors (Lipinski definition) is 0. The normalized spacial score (nSPS) is 10.6. The molecule has 0 aromatic rings. The first kappa shape index (κ1) is 18.2. The summed E-state index contributed by atoms with van der Waals surface area (Å²) in [7, 11) is 2.32. The Bertz CT molecular complexity index is 170. The van der Waals surface area contributed by atoms with Crippen LogP contribution in [-0.2, 0) is 4.79 Å². The molecule has 0 bridgehead atoms. The van der Waals surface area contributed by atoms with Gasteiger partial charge in [-0.25, -0.2) is 0 Å². The molecule has 0 radical (unpaired) electrons. The van der Waals surface area contributed by atoms with E-state index < -0.39 is 5.97 Å². The average Bonchev–Trinajstić information content (AvgIpc) is 2.27. The number of aliphatic carboxylic acids is 1. The molecule has 0 aromatic carbocycles. The van der Waals surface area contributed by atoms with E-state index in [1.165, 1.54) is 42.3 Å². The van der Waals surface area contributed by atoms with Crippen LogP contribution in [-0.4, -0.2) is 49.1 Å². The fourth-order valence-corrected chi connectivity index (χ4v) is 1.64. The zero-order valence-corrected chi connectivity index (χ0v) is 12.2. The summed E-state index contributed by atoms with van der Waals surface area (Å²) < 4.78 is 1.23. The third-order valence-electron chi connectivity index (χ3n) is 2.80. The predicted molar refractivity (Wildman–Crippen MR) is 70.4 cm³/mol. The van der Waals surface area contributed by atoms with E-state index in [1.807, 2.05) is 6.26 Å². The molecule has 0 aromatic heterocycles. The van der Waals surface area contributed by atoms with Crippen molar-refractivity contribution >= 4 is 17.7 Å². The van der Waals surface area contributed by atoms with E-state index in [1.54, 1.807) is 0 Å². The molecule has 0 saturated heterocycles. The van der Waals surface area contributed by atoms with Gasteiger partial charge in [0.2, 0.25) is 0 Å². The molecule has 0 spiro atoms. The smallest absolute Gasteiger partial charge is 0.0781 e. The third kappa shape index (κ3) is 11.9. The largest absolute Gasteiger partial charge is 0.550 e. The summed E-state index contributed by atoms with van der Waals surface area (Å²) in [6, 6.07) is 0. The molecule has 0 unspecified atom stereocenters. The lowest BCUT2D eigenvalue weighted by molar-refractivity contribution is -0.906. The monoisotopic (exact) mass is 249 g/mol. The van der Waals surface area contributed by atoms with E-state index >= 15 is 0 Å². The SMILES string of the molecule is CCC[N+](C)(CC)CC.CSCCC(=O)[O-]. The van der Waals surface area contributed by atoms with E-state index in [0.717, 1.165) is 0 Å². The first-order chi connectivity index (χ1) is 7.45. The van der Waals surface area contributed by atoms with Gasteiger partial charge in [0.1, 0.15) is 0 Å². The molecule has 0 rings (SSSR count). The first-order valence-electron chi connectivity index (χ1n) is 5.98. The van der Waals surface area contributed by atoms with Crippen LogP contribution in [0.5, 0.6) is 0 Å². The number of carboxylic acids is 1. The predicted octanol–water partition coefficient (Wildman–Crippen LogP) is 1.37. The molecule has 0 heterocycles. The van der Waals surface area contributed by atoms with E-state index in [-0.39, 0.29) is 6.42 Å². The lowest BCUT2D eigenvalue weighted by Crippen LogP contribution is -2.43. The van der Waals surface area contributed by atoms with Crippen molar-refractivity contribution in [3.05, 3.63) is 0 Å². The van der Waals surface area contributed by atoms with E-state index in [0.29, 0.717) is 5.75 Å². The average molecular weight is 249 g/mol. The molecule has 3 nitrogen and oxygen atoms in total. The van der Waals surface area contributed by atoms with Gasteiger partial charge in [-0.3, -0.25) is 0 Å². The topological polar surface area (TPSA) is 40.1 Å². The second-order valence-corrected chi connectivity index (χ2v) is 5.08. The van der Waals surface area contributed by atoms with Crippen molar-refractivity contribution in [3.8, 4) is 0 Å². The van der Waals surface area contributed by atoms with Crippen molar-refractivity contribution in [2.24, 2.45) is 0 Å². The van der Waals surface area contributed by atoms with Crippen LogP contribution in [0.2, 0.25) is 0 Å². The van der Waals surface area contributed by atoms with Crippen molar-refractivity contribution in [2.45, 2.75) is 33.6 Å². The number of quaternary nitrogens is 1. The quantitative estimate of drug-likeness (QED) is 0.640. The van der Waals surface area contributed by atoms with Gasteiger partial charge in [0.15, 0.2) is 0 Å². The Morgan fingerprint density at radius 2 is 1.75 bits per heavy atom. The van der Waals surface area contributed by atoms with Crippen LogP contribution in [0.15, 0.2) is 0 Å². The molecule has 16 heavy (non-hydrogen) atoms. The Morgan fingerprint density at radius 1 is 1.25 bits per heavy atom. The Hall–Kier alpha value is -0.220. The van der Waals surface area contributed by atoms with Gasteiger partial charge in [0, 0.05) is 5.97 Å². The van der Waals surface area contributed by atoms with Crippen molar-refractivity contribution in [1.82, 2.24) is 0 Å². The minimum Gasteiger partial charge on any atom is -0.550 e. The summed E-state index contributed by atoms with van der Waals surface area (Å²) in [5.41, 5.74) is 0. The Morgan fingerprint density at radius 3 is 1.88 bits per heavy atom. The highest BCUT2D eigenvalue weighted by Crippen LogP contribution is 2.01. The zero-order chi connectivity index (χ0) is 13.0. The summed E-state index contributed by atoms with van der Waals surface area (Å²) in [5.74, 6) is -0.308.